The summed E-state index contributed by atoms with van der Waals surface area (Å²) in [6, 6.07) is 0. The maximum absolute atomic E-state index is 8.74. The Labute approximate surface area is 44.5 Å². The van der Waals surface area contributed by atoms with E-state index in [4.69, 9.17) is 17.5 Å². The molecule has 0 aromatic carbocycles. The SMILES string of the molecule is O.O=S(=O)(O)O.[Be]. The topological polar surface area (TPSA) is 106 Å². The van der Waals surface area contributed by atoms with Gasteiger partial charge in [0.25, 0.3) is 0 Å². The van der Waals surface area contributed by atoms with Gasteiger partial charge in [-0.05, 0) is 0 Å². The first-order chi connectivity index (χ1) is 2.00. The number of hydrogen-bond acceptors (Lipinski definition) is 2. The Morgan fingerprint density at radius 2 is 1.14 bits per heavy atom. The molecule has 0 atom stereocenters. The summed E-state index contributed by atoms with van der Waals surface area (Å²) in [5.41, 5.74) is 0. The Bertz CT molecular complexity index is 91.2. The molecule has 0 saturated heterocycles. The van der Waals surface area contributed by atoms with Crippen LogP contribution in [0, 0.1) is 0 Å². The summed E-state index contributed by atoms with van der Waals surface area (Å²) >= 11 is 0. The molecular weight excluding hydrogens is 121 g/mol. The smallest absolute Gasteiger partial charge is 0.394 e. The molecule has 0 heterocycles. The van der Waals surface area contributed by atoms with Gasteiger partial charge in [-0.25, -0.2) is 0 Å². The quantitative estimate of drug-likeness (QED) is 0.292. The van der Waals surface area contributed by atoms with Gasteiger partial charge in [-0.1, -0.05) is 0 Å². The van der Waals surface area contributed by atoms with E-state index in [0.717, 1.165) is 0 Å². The van der Waals surface area contributed by atoms with Gasteiger partial charge >= 0.3 is 10.4 Å². The van der Waals surface area contributed by atoms with Gasteiger partial charge in [-0.2, -0.15) is 8.42 Å². The molecule has 5 nitrogen and oxygen atoms in total. The summed E-state index contributed by atoms with van der Waals surface area (Å²) in [4.78, 5) is 0. The number of hydrogen-bond donors (Lipinski definition) is 2. The van der Waals surface area contributed by atoms with E-state index in [-0.39, 0.29) is 15.6 Å². The fourth-order valence-corrected chi connectivity index (χ4v) is 0. The normalized spacial score (nSPS) is 8.29. The van der Waals surface area contributed by atoms with Gasteiger partial charge in [0.1, 0.15) is 0 Å². The van der Waals surface area contributed by atoms with Gasteiger partial charge in [-0.15, -0.1) is 0 Å². The summed E-state index contributed by atoms with van der Waals surface area (Å²) in [7, 11) is -4.67. The molecule has 0 amide bonds. The van der Waals surface area contributed by atoms with Crippen molar-refractivity contribution in [1.29, 1.82) is 0 Å². The first kappa shape index (κ1) is 15.8. The second-order valence-corrected chi connectivity index (χ2v) is 1.34. The van der Waals surface area contributed by atoms with E-state index in [2.05, 4.69) is 0 Å². The van der Waals surface area contributed by atoms with E-state index < -0.39 is 10.4 Å². The maximum Gasteiger partial charge on any atom is 0.394 e. The van der Waals surface area contributed by atoms with Crippen molar-refractivity contribution in [3.63, 3.8) is 0 Å². The molecule has 0 aliphatic heterocycles. The molecule has 0 unspecified atom stereocenters. The Morgan fingerprint density at radius 1 is 1.14 bits per heavy atom. The van der Waals surface area contributed by atoms with Gasteiger partial charge in [0.2, 0.25) is 0 Å². The van der Waals surface area contributed by atoms with Crippen molar-refractivity contribution in [2.24, 2.45) is 0 Å². The van der Waals surface area contributed by atoms with Crippen LogP contribution in [0.1, 0.15) is 0 Å². The molecule has 0 aromatic rings. The summed E-state index contributed by atoms with van der Waals surface area (Å²) in [5, 5.41) is 0. The van der Waals surface area contributed by atoms with Crippen molar-refractivity contribution >= 4 is 20.5 Å². The van der Waals surface area contributed by atoms with E-state index in [1.807, 2.05) is 0 Å². The molecule has 0 aliphatic rings. The van der Waals surface area contributed by atoms with Crippen LogP contribution in [-0.2, 0) is 10.4 Å². The van der Waals surface area contributed by atoms with Gasteiger partial charge in [0.15, 0.2) is 0 Å². The Balaban J connectivity index is -0.0000000800. The molecule has 0 fully saturated rings. The van der Waals surface area contributed by atoms with Crippen LogP contribution < -0.4 is 0 Å². The zero-order valence-electron chi connectivity index (χ0n) is 3.33. The average molecular weight is 125 g/mol. The number of rotatable bonds is 0. The van der Waals surface area contributed by atoms with Crippen molar-refractivity contribution in [3.8, 4) is 0 Å². The van der Waals surface area contributed by atoms with E-state index in [1.165, 1.54) is 0 Å². The first-order valence-electron chi connectivity index (χ1n) is 0.698. The molecule has 0 rings (SSSR count). The molecular formula is H4BeO5S. The predicted octanol–water partition coefficient (Wildman–Crippen LogP) is -1.86. The summed E-state index contributed by atoms with van der Waals surface area (Å²) in [6.45, 7) is 0. The van der Waals surface area contributed by atoms with Crippen molar-refractivity contribution < 1.29 is 23.0 Å². The predicted molar refractivity (Wildman–Crippen MR) is 23.5 cm³/mol. The fourth-order valence-electron chi connectivity index (χ4n) is 0. The van der Waals surface area contributed by atoms with E-state index in [9.17, 15) is 0 Å². The van der Waals surface area contributed by atoms with Gasteiger partial charge in [-0.3, -0.25) is 9.11 Å². The van der Waals surface area contributed by atoms with E-state index >= 15 is 0 Å². The molecule has 7 heavy (non-hydrogen) atoms. The second kappa shape index (κ2) is 4.17. The summed E-state index contributed by atoms with van der Waals surface area (Å²) in [6.07, 6.45) is 0. The third-order valence-corrected chi connectivity index (χ3v) is 0. The molecule has 4 N–H and O–H groups in total. The summed E-state index contributed by atoms with van der Waals surface area (Å²) in [5.74, 6) is 0. The second-order valence-electron chi connectivity index (χ2n) is 0.448. The molecule has 0 saturated carbocycles. The largest absolute Gasteiger partial charge is 0.412 e. The molecule has 0 bridgehead atoms. The third kappa shape index (κ3) is 70200000. The van der Waals surface area contributed by atoms with Crippen LogP contribution >= 0.6 is 0 Å². The average Bonchev–Trinajstić information content (AvgIpc) is 0.722. The van der Waals surface area contributed by atoms with E-state index in [0.29, 0.717) is 0 Å². The molecule has 2 radical (unpaired) electrons. The van der Waals surface area contributed by atoms with Crippen LogP contribution in [0.4, 0.5) is 0 Å². The van der Waals surface area contributed by atoms with E-state index in [1.54, 1.807) is 0 Å². The zero-order valence-corrected chi connectivity index (χ0v) is 4.14. The Kier molecular flexibility index (Phi) is 9.37. The fraction of sp³-hybridized carbons (Fsp3) is 0. The minimum absolute atomic E-state index is 0. The third-order valence-electron chi connectivity index (χ3n) is 0. The molecule has 0 aliphatic carbocycles. The molecule has 42 valence electrons. The molecule has 0 spiro atoms. The first-order valence-corrected chi connectivity index (χ1v) is 2.10. The Hall–Kier alpha value is -0.00117. The van der Waals surface area contributed by atoms with Crippen molar-refractivity contribution in [3.05, 3.63) is 0 Å². The van der Waals surface area contributed by atoms with Crippen LogP contribution in [0.5, 0.6) is 0 Å². The van der Waals surface area contributed by atoms with Crippen LogP contribution in [-0.4, -0.2) is 33.1 Å². The minimum Gasteiger partial charge on any atom is -0.412 e. The maximum atomic E-state index is 8.74. The standard InChI is InChI=1S/Be.H2O4S.H2O/c;1-5(2,3)4;/h;(H2,1,2,3,4);1H2. The van der Waals surface area contributed by atoms with Gasteiger partial charge in [0.05, 0.1) is 0 Å². The van der Waals surface area contributed by atoms with Crippen molar-refractivity contribution in [1.82, 2.24) is 0 Å². The Morgan fingerprint density at radius 3 is 1.14 bits per heavy atom. The monoisotopic (exact) mass is 125 g/mol. The van der Waals surface area contributed by atoms with Crippen LogP contribution in [0.2, 0.25) is 0 Å². The van der Waals surface area contributed by atoms with Crippen molar-refractivity contribution in [2.45, 2.75) is 0 Å². The van der Waals surface area contributed by atoms with Crippen LogP contribution in [0.3, 0.4) is 0 Å². The van der Waals surface area contributed by atoms with Gasteiger partial charge in [0, 0.05) is 10.1 Å². The van der Waals surface area contributed by atoms with Crippen LogP contribution in [0.15, 0.2) is 0 Å². The van der Waals surface area contributed by atoms with Crippen LogP contribution in [0.25, 0.3) is 0 Å². The van der Waals surface area contributed by atoms with Gasteiger partial charge < -0.3 is 5.48 Å². The van der Waals surface area contributed by atoms with Crippen molar-refractivity contribution in [2.75, 3.05) is 0 Å². The minimum atomic E-state index is -4.67. The zero-order chi connectivity index (χ0) is 4.50. The molecule has 0 aromatic heterocycles. The molecule has 7 heteroatoms. The summed E-state index contributed by atoms with van der Waals surface area (Å²) < 4.78 is 31.6.